The summed E-state index contributed by atoms with van der Waals surface area (Å²) in [6.45, 7) is 4.87. The number of para-hydroxylation sites is 1. The SMILES string of the molecule is Cc1ccc(OCCNC(=O)CCc2nc3ccccc3c(=O)n2C)c(C)c1. The van der Waals surface area contributed by atoms with E-state index in [-0.39, 0.29) is 17.9 Å². The number of benzene rings is 2. The molecule has 0 atom stereocenters. The van der Waals surface area contributed by atoms with E-state index in [1.165, 1.54) is 10.1 Å². The number of rotatable bonds is 7. The van der Waals surface area contributed by atoms with Crippen LogP contribution in [0.5, 0.6) is 5.75 Å². The van der Waals surface area contributed by atoms with Crippen molar-refractivity contribution < 1.29 is 9.53 Å². The predicted octanol–water partition coefficient (Wildman–Crippen LogP) is 2.68. The Kier molecular flexibility index (Phi) is 6.09. The number of hydrogen-bond donors (Lipinski definition) is 1. The van der Waals surface area contributed by atoms with Crippen LogP contribution >= 0.6 is 0 Å². The van der Waals surface area contributed by atoms with Crippen molar-refractivity contribution in [2.45, 2.75) is 26.7 Å². The van der Waals surface area contributed by atoms with Crippen molar-refractivity contribution in [2.75, 3.05) is 13.2 Å². The van der Waals surface area contributed by atoms with E-state index in [0.717, 1.165) is 11.3 Å². The second-order valence-electron chi connectivity index (χ2n) is 6.88. The summed E-state index contributed by atoms with van der Waals surface area (Å²) < 4.78 is 7.23. The van der Waals surface area contributed by atoms with Gasteiger partial charge in [-0.15, -0.1) is 0 Å². The van der Waals surface area contributed by atoms with Gasteiger partial charge in [-0.3, -0.25) is 14.2 Å². The van der Waals surface area contributed by atoms with Crippen LogP contribution in [0.3, 0.4) is 0 Å². The number of ether oxygens (including phenoxy) is 1. The monoisotopic (exact) mass is 379 g/mol. The van der Waals surface area contributed by atoms with Crippen LogP contribution in [0.4, 0.5) is 0 Å². The van der Waals surface area contributed by atoms with E-state index in [1.807, 2.05) is 44.2 Å². The van der Waals surface area contributed by atoms with E-state index in [0.29, 0.717) is 36.3 Å². The number of nitrogens with one attached hydrogen (secondary N) is 1. The molecule has 0 saturated carbocycles. The lowest BCUT2D eigenvalue weighted by atomic mass is 10.1. The zero-order valence-electron chi connectivity index (χ0n) is 16.5. The first-order valence-corrected chi connectivity index (χ1v) is 9.37. The minimum absolute atomic E-state index is 0.0911. The molecule has 2 aromatic carbocycles. The number of hydrogen-bond acceptors (Lipinski definition) is 4. The topological polar surface area (TPSA) is 73.2 Å². The highest BCUT2D eigenvalue weighted by Crippen LogP contribution is 2.18. The third kappa shape index (κ3) is 4.57. The molecular formula is C22H25N3O3. The molecule has 0 fully saturated rings. The third-order valence-corrected chi connectivity index (χ3v) is 4.66. The zero-order chi connectivity index (χ0) is 20.1. The third-order valence-electron chi connectivity index (χ3n) is 4.66. The van der Waals surface area contributed by atoms with Gasteiger partial charge in [0.05, 0.1) is 17.4 Å². The quantitative estimate of drug-likeness (QED) is 0.641. The Morgan fingerprint density at radius 3 is 2.75 bits per heavy atom. The number of amides is 1. The number of fused-ring (bicyclic) bond motifs is 1. The fourth-order valence-electron chi connectivity index (χ4n) is 3.11. The molecule has 0 aliphatic carbocycles. The van der Waals surface area contributed by atoms with Crippen molar-refractivity contribution in [2.24, 2.45) is 7.05 Å². The van der Waals surface area contributed by atoms with Crippen molar-refractivity contribution in [3.63, 3.8) is 0 Å². The molecule has 0 spiro atoms. The van der Waals surface area contributed by atoms with Crippen molar-refractivity contribution in [3.05, 3.63) is 69.8 Å². The molecule has 0 bridgehead atoms. The number of aryl methyl sites for hydroxylation is 3. The molecule has 1 amide bonds. The van der Waals surface area contributed by atoms with Crippen LogP contribution in [0.2, 0.25) is 0 Å². The first-order chi connectivity index (χ1) is 13.5. The van der Waals surface area contributed by atoms with Gasteiger partial charge < -0.3 is 10.1 Å². The average molecular weight is 379 g/mol. The van der Waals surface area contributed by atoms with Gasteiger partial charge in [0.1, 0.15) is 18.2 Å². The van der Waals surface area contributed by atoms with Gasteiger partial charge in [0.25, 0.3) is 5.56 Å². The standard InChI is InChI=1S/C22H25N3O3/c1-15-8-9-19(16(2)14-15)28-13-12-23-21(26)11-10-20-24-18-7-5-4-6-17(18)22(27)25(20)3/h4-9,14H,10-13H2,1-3H3,(H,23,26). The Morgan fingerprint density at radius 1 is 1.18 bits per heavy atom. The van der Waals surface area contributed by atoms with E-state index in [9.17, 15) is 9.59 Å². The van der Waals surface area contributed by atoms with Gasteiger partial charge in [0.15, 0.2) is 0 Å². The average Bonchev–Trinajstić information content (AvgIpc) is 2.68. The molecule has 0 unspecified atom stereocenters. The van der Waals surface area contributed by atoms with Gasteiger partial charge >= 0.3 is 0 Å². The van der Waals surface area contributed by atoms with Crippen LogP contribution in [-0.2, 0) is 18.3 Å². The summed E-state index contributed by atoms with van der Waals surface area (Å²) in [7, 11) is 1.69. The number of nitrogens with zero attached hydrogens (tertiary/aromatic N) is 2. The molecule has 0 radical (unpaired) electrons. The first-order valence-electron chi connectivity index (χ1n) is 9.37. The summed E-state index contributed by atoms with van der Waals surface area (Å²) >= 11 is 0. The second-order valence-corrected chi connectivity index (χ2v) is 6.88. The normalized spacial score (nSPS) is 10.8. The van der Waals surface area contributed by atoms with Gasteiger partial charge in [0, 0.05) is 19.9 Å². The maximum Gasteiger partial charge on any atom is 0.261 e. The maximum atomic E-state index is 12.4. The van der Waals surface area contributed by atoms with Crippen LogP contribution in [0.15, 0.2) is 47.3 Å². The molecule has 0 aliphatic heterocycles. The summed E-state index contributed by atoms with van der Waals surface area (Å²) in [6, 6.07) is 13.2. The number of carbonyl (C=O) groups excluding carboxylic acids is 1. The van der Waals surface area contributed by atoms with Crippen LogP contribution in [0, 0.1) is 13.8 Å². The number of carbonyl (C=O) groups is 1. The Labute approximate surface area is 164 Å². The minimum atomic E-state index is -0.0946. The Hall–Kier alpha value is -3.15. The molecule has 1 N–H and O–H groups in total. The Bertz CT molecular complexity index is 1060. The maximum absolute atomic E-state index is 12.4. The van der Waals surface area contributed by atoms with Crippen LogP contribution in [-0.4, -0.2) is 28.6 Å². The van der Waals surface area contributed by atoms with Gasteiger partial charge in [0.2, 0.25) is 5.91 Å². The van der Waals surface area contributed by atoms with E-state index in [1.54, 1.807) is 13.1 Å². The highest BCUT2D eigenvalue weighted by Gasteiger charge is 2.10. The van der Waals surface area contributed by atoms with Crippen LogP contribution in [0.1, 0.15) is 23.4 Å². The van der Waals surface area contributed by atoms with Crippen molar-refractivity contribution in [3.8, 4) is 5.75 Å². The lowest BCUT2D eigenvalue weighted by Crippen LogP contribution is -2.29. The molecule has 1 heterocycles. The molecule has 3 rings (SSSR count). The predicted molar refractivity (Wildman–Crippen MR) is 110 cm³/mol. The fourth-order valence-corrected chi connectivity index (χ4v) is 3.11. The smallest absolute Gasteiger partial charge is 0.261 e. The molecule has 0 aliphatic rings. The van der Waals surface area contributed by atoms with Crippen molar-refractivity contribution >= 4 is 16.8 Å². The summed E-state index contributed by atoms with van der Waals surface area (Å²) in [5, 5.41) is 3.43. The lowest BCUT2D eigenvalue weighted by Gasteiger charge is -2.11. The Balaban J connectivity index is 1.50. The summed E-state index contributed by atoms with van der Waals surface area (Å²) in [5.74, 6) is 1.34. The number of aromatic nitrogens is 2. The van der Waals surface area contributed by atoms with Gasteiger partial charge in [-0.1, -0.05) is 29.8 Å². The summed E-state index contributed by atoms with van der Waals surface area (Å²) in [6.07, 6.45) is 0.669. The van der Waals surface area contributed by atoms with Gasteiger partial charge in [-0.05, 0) is 37.6 Å². The van der Waals surface area contributed by atoms with E-state index in [4.69, 9.17) is 4.74 Å². The molecule has 3 aromatic rings. The van der Waals surface area contributed by atoms with Gasteiger partial charge in [-0.25, -0.2) is 4.98 Å². The second kappa shape index (κ2) is 8.69. The van der Waals surface area contributed by atoms with Crippen molar-refractivity contribution in [1.82, 2.24) is 14.9 Å². The first kappa shape index (κ1) is 19.6. The van der Waals surface area contributed by atoms with E-state index >= 15 is 0 Å². The fraction of sp³-hybridized carbons (Fsp3) is 0.318. The van der Waals surface area contributed by atoms with E-state index < -0.39 is 0 Å². The molecule has 6 nitrogen and oxygen atoms in total. The van der Waals surface area contributed by atoms with Crippen LogP contribution < -0.4 is 15.6 Å². The molecule has 1 aromatic heterocycles. The molecule has 28 heavy (non-hydrogen) atoms. The largest absolute Gasteiger partial charge is 0.491 e. The van der Waals surface area contributed by atoms with Crippen molar-refractivity contribution in [1.29, 1.82) is 0 Å². The highest BCUT2D eigenvalue weighted by atomic mass is 16.5. The van der Waals surface area contributed by atoms with Crippen LogP contribution in [0.25, 0.3) is 10.9 Å². The minimum Gasteiger partial charge on any atom is -0.491 e. The van der Waals surface area contributed by atoms with E-state index in [2.05, 4.69) is 16.4 Å². The van der Waals surface area contributed by atoms with Gasteiger partial charge in [-0.2, -0.15) is 0 Å². The highest BCUT2D eigenvalue weighted by molar-refractivity contribution is 5.78. The Morgan fingerprint density at radius 2 is 1.96 bits per heavy atom. The zero-order valence-corrected chi connectivity index (χ0v) is 16.5. The molecule has 0 saturated heterocycles. The molecule has 146 valence electrons. The summed E-state index contributed by atoms with van der Waals surface area (Å²) in [4.78, 5) is 29.0. The molecule has 6 heteroatoms. The lowest BCUT2D eigenvalue weighted by molar-refractivity contribution is -0.121. The molecular weight excluding hydrogens is 354 g/mol. The summed E-state index contributed by atoms with van der Waals surface area (Å²) in [5.41, 5.74) is 2.83.